The highest BCUT2D eigenvalue weighted by molar-refractivity contribution is 5.87. The van der Waals surface area contributed by atoms with Gasteiger partial charge in [0.1, 0.15) is 6.04 Å². The van der Waals surface area contributed by atoms with Crippen molar-refractivity contribution in [2.75, 3.05) is 19.6 Å². The first-order chi connectivity index (χ1) is 7.83. The highest BCUT2D eigenvalue weighted by Crippen LogP contribution is 2.13. The van der Waals surface area contributed by atoms with Crippen LogP contribution in [0.1, 0.15) is 13.8 Å². The van der Waals surface area contributed by atoms with Crippen LogP contribution in [0.3, 0.4) is 0 Å². The molecule has 7 nitrogen and oxygen atoms in total. The zero-order valence-electron chi connectivity index (χ0n) is 9.87. The van der Waals surface area contributed by atoms with Gasteiger partial charge in [0.05, 0.1) is 12.0 Å². The molecule has 0 aliphatic carbocycles. The molecule has 0 spiro atoms. The summed E-state index contributed by atoms with van der Waals surface area (Å²) in [6.07, 6.45) is 0. The van der Waals surface area contributed by atoms with Gasteiger partial charge in [-0.1, -0.05) is 0 Å². The second kappa shape index (κ2) is 5.13. The fourth-order valence-electron chi connectivity index (χ4n) is 1.26. The Bertz CT molecular complexity index is 330. The average Bonchev–Trinajstić information content (AvgIpc) is 2.27. The number of carboxylic acid groups (broad SMARTS) is 1. The van der Waals surface area contributed by atoms with E-state index in [1.165, 1.54) is 13.8 Å². The number of rotatable bonds is 4. The number of piperazine rings is 1. The van der Waals surface area contributed by atoms with Gasteiger partial charge in [-0.3, -0.25) is 19.7 Å². The third-order valence-electron chi connectivity index (χ3n) is 2.61. The molecule has 0 saturated carbocycles. The zero-order valence-corrected chi connectivity index (χ0v) is 9.87. The van der Waals surface area contributed by atoms with Gasteiger partial charge in [0, 0.05) is 13.1 Å². The molecule has 0 bridgehead atoms. The van der Waals surface area contributed by atoms with E-state index in [1.54, 1.807) is 0 Å². The summed E-state index contributed by atoms with van der Waals surface area (Å²) in [5.74, 6) is -1.43. The van der Waals surface area contributed by atoms with Crippen molar-refractivity contribution in [3.63, 3.8) is 0 Å². The Morgan fingerprint density at radius 2 is 2.18 bits per heavy atom. The lowest BCUT2D eigenvalue weighted by Crippen LogP contribution is -2.58. The van der Waals surface area contributed by atoms with Crippen LogP contribution < -0.4 is 16.0 Å². The molecule has 17 heavy (non-hydrogen) atoms. The summed E-state index contributed by atoms with van der Waals surface area (Å²) in [7, 11) is 0. The molecule has 4 N–H and O–H groups in total. The zero-order chi connectivity index (χ0) is 13.1. The van der Waals surface area contributed by atoms with Crippen LogP contribution in [0.5, 0.6) is 0 Å². The molecule has 0 aromatic carbocycles. The van der Waals surface area contributed by atoms with E-state index in [2.05, 4.69) is 16.0 Å². The van der Waals surface area contributed by atoms with Gasteiger partial charge in [-0.15, -0.1) is 0 Å². The maximum Gasteiger partial charge on any atom is 0.310 e. The van der Waals surface area contributed by atoms with Crippen LogP contribution in [0, 0.1) is 5.41 Å². The van der Waals surface area contributed by atoms with E-state index >= 15 is 0 Å². The molecule has 7 heteroatoms. The Morgan fingerprint density at radius 3 is 2.65 bits per heavy atom. The van der Waals surface area contributed by atoms with Crippen molar-refractivity contribution in [1.82, 2.24) is 16.0 Å². The summed E-state index contributed by atoms with van der Waals surface area (Å²) >= 11 is 0. The van der Waals surface area contributed by atoms with E-state index < -0.39 is 17.4 Å². The van der Waals surface area contributed by atoms with E-state index in [-0.39, 0.29) is 31.4 Å². The maximum absolute atomic E-state index is 11.7. The third-order valence-corrected chi connectivity index (χ3v) is 2.61. The average molecular weight is 243 g/mol. The van der Waals surface area contributed by atoms with Crippen molar-refractivity contribution in [1.29, 1.82) is 0 Å². The van der Waals surface area contributed by atoms with Crippen molar-refractivity contribution in [3.8, 4) is 0 Å². The molecule has 1 unspecified atom stereocenters. The Balaban J connectivity index is 2.40. The molecule has 0 aromatic heterocycles. The largest absolute Gasteiger partial charge is 0.481 e. The van der Waals surface area contributed by atoms with Crippen molar-refractivity contribution in [3.05, 3.63) is 0 Å². The Labute approximate surface area is 98.9 Å². The van der Waals surface area contributed by atoms with Crippen LogP contribution in [0.4, 0.5) is 0 Å². The van der Waals surface area contributed by atoms with E-state index in [9.17, 15) is 14.4 Å². The first kappa shape index (κ1) is 13.4. The lowest BCUT2D eigenvalue weighted by atomic mass is 9.94. The third kappa shape index (κ3) is 3.70. The van der Waals surface area contributed by atoms with Crippen LogP contribution in [0.25, 0.3) is 0 Å². The lowest BCUT2D eigenvalue weighted by molar-refractivity contribution is -0.146. The van der Waals surface area contributed by atoms with Gasteiger partial charge in [-0.2, -0.15) is 0 Å². The predicted molar refractivity (Wildman–Crippen MR) is 59.2 cm³/mol. The number of carboxylic acids is 1. The second-order valence-corrected chi connectivity index (χ2v) is 4.64. The molecule has 1 rings (SSSR count). The molecule has 1 aliphatic rings. The summed E-state index contributed by atoms with van der Waals surface area (Å²) < 4.78 is 0. The summed E-state index contributed by atoms with van der Waals surface area (Å²) in [4.78, 5) is 33.3. The maximum atomic E-state index is 11.7. The fraction of sp³-hybridized carbons (Fsp3) is 0.700. The molecule has 1 aliphatic heterocycles. The van der Waals surface area contributed by atoms with Crippen LogP contribution in [-0.4, -0.2) is 48.6 Å². The number of aliphatic carboxylic acids is 1. The summed E-state index contributed by atoms with van der Waals surface area (Å²) in [6.45, 7) is 3.43. The Kier molecular flexibility index (Phi) is 4.06. The van der Waals surface area contributed by atoms with Gasteiger partial charge in [-0.05, 0) is 13.8 Å². The normalized spacial score (nSPS) is 20.6. The Hall–Kier alpha value is -1.63. The van der Waals surface area contributed by atoms with Crippen LogP contribution in [0.2, 0.25) is 0 Å². The van der Waals surface area contributed by atoms with E-state index in [0.717, 1.165) is 0 Å². The molecule has 0 radical (unpaired) electrons. The number of hydrogen-bond donors (Lipinski definition) is 4. The SMILES string of the molecule is CC(C)(CNC(=O)C1CNC(=O)CN1)C(=O)O. The molecular formula is C10H17N3O4. The smallest absolute Gasteiger partial charge is 0.310 e. The van der Waals surface area contributed by atoms with Gasteiger partial charge in [0.2, 0.25) is 11.8 Å². The van der Waals surface area contributed by atoms with Gasteiger partial charge >= 0.3 is 5.97 Å². The number of amides is 2. The summed E-state index contributed by atoms with van der Waals surface area (Å²) in [6, 6.07) is -0.503. The number of carbonyl (C=O) groups excluding carboxylic acids is 2. The monoisotopic (exact) mass is 243 g/mol. The van der Waals surface area contributed by atoms with Crippen molar-refractivity contribution in [2.45, 2.75) is 19.9 Å². The fourth-order valence-corrected chi connectivity index (χ4v) is 1.26. The molecule has 1 heterocycles. The first-order valence-electron chi connectivity index (χ1n) is 5.34. The Morgan fingerprint density at radius 1 is 1.53 bits per heavy atom. The molecule has 1 atom stereocenters. The quantitative estimate of drug-likeness (QED) is 0.471. The molecular weight excluding hydrogens is 226 g/mol. The van der Waals surface area contributed by atoms with Crippen molar-refractivity contribution < 1.29 is 19.5 Å². The van der Waals surface area contributed by atoms with Gasteiger partial charge in [0.15, 0.2) is 0 Å². The van der Waals surface area contributed by atoms with Gasteiger partial charge in [0.25, 0.3) is 0 Å². The molecule has 1 fully saturated rings. The van der Waals surface area contributed by atoms with E-state index in [1.807, 2.05) is 0 Å². The molecule has 1 saturated heterocycles. The van der Waals surface area contributed by atoms with E-state index in [0.29, 0.717) is 0 Å². The topological polar surface area (TPSA) is 108 Å². The molecule has 0 aromatic rings. The number of nitrogens with one attached hydrogen (secondary N) is 3. The first-order valence-corrected chi connectivity index (χ1v) is 5.34. The van der Waals surface area contributed by atoms with Crippen molar-refractivity contribution in [2.24, 2.45) is 5.41 Å². The highest BCUT2D eigenvalue weighted by atomic mass is 16.4. The highest BCUT2D eigenvalue weighted by Gasteiger charge is 2.30. The number of hydrogen-bond acceptors (Lipinski definition) is 4. The second-order valence-electron chi connectivity index (χ2n) is 4.64. The standard InChI is InChI=1S/C10H17N3O4/c1-10(2,9(16)17)5-13-8(15)6-3-12-7(14)4-11-6/h6,11H,3-5H2,1-2H3,(H,12,14)(H,13,15)(H,16,17). The van der Waals surface area contributed by atoms with Gasteiger partial charge in [-0.25, -0.2) is 0 Å². The van der Waals surface area contributed by atoms with Crippen LogP contribution >= 0.6 is 0 Å². The molecule has 96 valence electrons. The molecule has 2 amide bonds. The van der Waals surface area contributed by atoms with Gasteiger partial charge < -0.3 is 15.7 Å². The summed E-state index contributed by atoms with van der Waals surface area (Å²) in [5, 5.41) is 16.7. The minimum absolute atomic E-state index is 0.0489. The van der Waals surface area contributed by atoms with E-state index in [4.69, 9.17) is 5.11 Å². The predicted octanol–water partition coefficient (Wildman–Crippen LogP) is -1.70. The van der Waals surface area contributed by atoms with Crippen LogP contribution in [0.15, 0.2) is 0 Å². The minimum atomic E-state index is -1.01. The number of carbonyl (C=O) groups is 3. The minimum Gasteiger partial charge on any atom is -0.481 e. The van der Waals surface area contributed by atoms with Crippen LogP contribution in [-0.2, 0) is 14.4 Å². The summed E-state index contributed by atoms with van der Waals surface area (Å²) in [5.41, 5.74) is -1.01. The lowest BCUT2D eigenvalue weighted by Gasteiger charge is -2.25. The van der Waals surface area contributed by atoms with Crippen molar-refractivity contribution >= 4 is 17.8 Å².